The van der Waals surface area contributed by atoms with E-state index in [9.17, 15) is 23.7 Å². The van der Waals surface area contributed by atoms with Crippen molar-refractivity contribution in [3.05, 3.63) is 63.7 Å². The molecule has 0 aromatic heterocycles. The van der Waals surface area contributed by atoms with Gasteiger partial charge in [-0.3, -0.25) is 14.9 Å². The van der Waals surface area contributed by atoms with E-state index in [1.807, 2.05) is 0 Å². The Hall–Kier alpha value is -3.03. The van der Waals surface area contributed by atoms with Crippen LogP contribution in [-0.2, 0) is 0 Å². The number of benzene rings is 2. The Bertz CT molecular complexity index is 750. The standard InChI is InChI=1S/C15H12F2N2O4/c1-9-7-11(19(21)22)5-6-13(9)18-14(20)10-3-2-4-12(8-10)23-15(16)17/h2-8,15H,1H3,(H,18,20). The number of non-ortho nitro benzene ring substituents is 1. The summed E-state index contributed by atoms with van der Waals surface area (Å²) in [4.78, 5) is 22.3. The molecule has 6 nitrogen and oxygen atoms in total. The van der Waals surface area contributed by atoms with E-state index in [0.717, 1.165) is 0 Å². The van der Waals surface area contributed by atoms with Gasteiger partial charge in [0.25, 0.3) is 11.6 Å². The topological polar surface area (TPSA) is 81.5 Å². The van der Waals surface area contributed by atoms with Gasteiger partial charge in [0.05, 0.1) is 4.92 Å². The summed E-state index contributed by atoms with van der Waals surface area (Å²) in [5, 5.41) is 13.2. The first-order chi connectivity index (χ1) is 10.9. The molecule has 1 amide bonds. The van der Waals surface area contributed by atoms with Crippen LogP contribution in [0.25, 0.3) is 0 Å². The zero-order valence-electron chi connectivity index (χ0n) is 12.0. The third-order valence-electron chi connectivity index (χ3n) is 2.99. The number of alkyl halides is 2. The van der Waals surface area contributed by atoms with Crippen LogP contribution in [0, 0.1) is 17.0 Å². The summed E-state index contributed by atoms with van der Waals surface area (Å²) in [6, 6.07) is 9.34. The molecule has 0 fully saturated rings. The lowest BCUT2D eigenvalue weighted by Gasteiger charge is -2.09. The van der Waals surface area contributed by atoms with Gasteiger partial charge in [0.15, 0.2) is 0 Å². The second-order valence-corrected chi connectivity index (χ2v) is 4.62. The van der Waals surface area contributed by atoms with Crippen molar-refractivity contribution in [3.63, 3.8) is 0 Å². The number of nitrogens with one attached hydrogen (secondary N) is 1. The second-order valence-electron chi connectivity index (χ2n) is 4.62. The molecule has 0 spiro atoms. The highest BCUT2D eigenvalue weighted by atomic mass is 19.3. The maximum Gasteiger partial charge on any atom is 0.387 e. The molecule has 0 radical (unpaired) electrons. The number of anilines is 1. The minimum atomic E-state index is -2.98. The van der Waals surface area contributed by atoms with Crippen LogP contribution >= 0.6 is 0 Å². The third kappa shape index (κ3) is 4.22. The zero-order chi connectivity index (χ0) is 17.0. The van der Waals surface area contributed by atoms with Gasteiger partial charge in [0.2, 0.25) is 0 Å². The summed E-state index contributed by atoms with van der Waals surface area (Å²) in [5.74, 6) is -0.672. The van der Waals surface area contributed by atoms with Crippen LogP contribution in [0.15, 0.2) is 42.5 Å². The molecule has 0 aliphatic heterocycles. The molecule has 8 heteroatoms. The van der Waals surface area contributed by atoms with Crippen LogP contribution in [0.5, 0.6) is 5.75 Å². The molecule has 2 aromatic carbocycles. The van der Waals surface area contributed by atoms with Crippen molar-refractivity contribution in [2.24, 2.45) is 0 Å². The van der Waals surface area contributed by atoms with Gasteiger partial charge in [-0.1, -0.05) is 6.07 Å². The Morgan fingerprint density at radius 2 is 2.00 bits per heavy atom. The summed E-state index contributed by atoms with van der Waals surface area (Å²) >= 11 is 0. The number of nitrogens with zero attached hydrogens (tertiary/aromatic N) is 1. The molecular weight excluding hydrogens is 310 g/mol. The number of carbonyl (C=O) groups is 1. The van der Waals surface area contributed by atoms with Gasteiger partial charge < -0.3 is 10.1 Å². The molecule has 2 aromatic rings. The number of carbonyl (C=O) groups excluding carboxylic acids is 1. The normalized spacial score (nSPS) is 10.4. The molecule has 0 saturated carbocycles. The summed E-state index contributed by atoms with van der Waals surface area (Å²) in [6.45, 7) is -1.37. The molecule has 23 heavy (non-hydrogen) atoms. The molecule has 0 unspecified atom stereocenters. The lowest BCUT2D eigenvalue weighted by molar-refractivity contribution is -0.384. The summed E-state index contributed by atoms with van der Waals surface area (Å²) < 4.78 is 28.6. The van der Waals surface area contributed by atoms with Crippen molar-refractivity contribution < 1.29 is 23.2 Å². The molecular formula is C15H12F2N2O4. The van der Waals surface area contributed by atoms with E-state index in [4.69, 9.17) is 0 Å². The third-order valence-corrected chi connectivity index (χ3v) is 2.99. The monoisotopic (exact) mass is 322 g/mol. The van der Waals surface area contributed by atoms with Crippen molar-refractivity contribution in [2.75, 3.05) is 5.32 Å². The van der Waals surface area contributed by atoms with Gasteiger partial charge >= 0.3 is 6.61 Å². The van der Waals surface area contributed by atoms with Crippen LogP contribution in [0.1, 0.15) is 15.9 Å². The predicted octanol–water partition coefficient (Wildman–Crippen LogP) is 3.76. The van der Waals surface area contributed by atoms with Crippen molar-refractivity contribution >= 4 is 17.3 Å². The molecule has 120 valence electrons. The number of nitro benzene ring substituents is 1. The van der Waals surface area contributed by atoms with Crippen LogP contribution in [0.4, 0.5) is 20.2 Å². The fourth-order valence-electron chi connectivity index (χ4n) is 1.91. The molecule has 0 atom stereocenters. The molecule has 0 heterocycles. The van der Waals surface area contributed by atoms with E-state index in [2.05, 4.69) is 10.1 Å². The van der Waals surface area contributed by atoms with E-state index in [1.54, 1.807) is 6.92 Å². The number of hydrogen-bond donors (Lipinski definition) is 1. The lowest BCUT2D eigenvalue weighted by Crippen LogP contribution is -2.13. The number of halogens is 2. The second kappa shape index (κ2) is 6.82. The van der Waals surface area contributed by atoms with E-state index < -0.39 is 17.4 Å². The minimum Gasteiger partial charge on any atom is -0.435 e. The number of ether oxygens (including phenoxy) is 1. The quantitative estimate of drug-likeness (QED) is 0.671. The highest BCUT2D eigenvalue weighted by molar-refractivity contribution is 6.04. The number of aryl methyl sites for hydroxylation is 1. The van der Waals surface area contributed by atoms with Crippen LogP contribution in [0.2, 0.25) is 0 Å². The van der Waals surface area contributed by atoms with E-state index in [-0.39, 0.29) is 17.0 Å². The SMILES string of the molecule is Cc1cc([N+](=O)[O-])ccc1NC(=O)c1cccc(OC(F)F)c1. The van der Waals surface area contributed by atoms with Gasteiger partial charge in [-0.15, -0.1) is 0 Å². The lowest BCUT2D eigenvalue weighted by atomic mass is 10.1. The van der Waals surface area contributed by atoms with Crippen LogP contribution < -0.4 is 10.1 Å². The Morgan fingerprint density at radius 3 is 2.61 bits per heavy atom. The molecule has 0 aliphatic rings. The maximum absolute atomic E-state index is 12.2. The Kier molecular flexibility index (Phi) is 4.85. The number of amides is 1. The molecule has 0 aliphatic carbocycles. The van der Waals surface area contributed by atoms with Crippen molar-refractivity contribution in [3.8, 4) is 5.75 Å². The minimum absolute atomic E-state index is 0.0900. The van der Waals surface area contributed by atoms with Gasteiger partial charge in [-0.2, -0.15) is 8.78 Å². The average molecular weight is 322 g/mol. The first kappa shape index (κ1) is 16.3. The molecule has 0 saturated heterocycles. The van der Waals surface area contributed by atoms with Gasteiger partial charge in [-0.25, -0.2) is 0 Å². The number of nitro groups is 1. The smallest absolute Gasteiger partial charge is 0.387 e. The van der Waals surface area contributed by atoms with Gasteiger partial charge in [-0.05, 0) is 36.8 Å². The van der Waals surface area contributed by atoms with Crippen molar-refractivity contribution in [1.82, 2.24) is 0 Å². The van der Waals surface area contributed by atoms with Crippen molar-refractivity contribution in [2.45, 2.75) is 13.5 Å². The average Bonchev–Trinajstić information content (AvgIpc) is 2.48. The van der Waals surface area contributed by atoms with E-state index in [1.165, 1.54) is 42.5 Å². The summed E-state index contributed by atoms with van der Waals surface area (Å²) in [6.07, 6.45) is 0. The van der Waals surface area contributed by atoms with Gasteiger partial charge in [0.1, 0.15) is 5.75 Å². The summed E-state index contributed by atoms with van der Waals surface area (Å²) in [7, 11) is 0. The van der Waals surface area contributed by atoms with E-state index in [0.29, 0.717) is 11.3 Å². The molecule has 2 rings (SSSR count). The zero-order valence-corrected chi connectivity index (χ0v) is 12.0. The van der Waals surface area contributed by atoms with Gasteiger partial charge in [0, 0.05) is 23.4 Å². The Balaban J connectivity index is 2.17. The summed E-state index contributed by atoms with van der Waals surface area (Å²) in [5.41, 5.74) is 0.932. The highest BCUT2D eigenvalue weighted by Crippen LogP contribution is 2.22. The first-order valence-corrected chi connectivity index (χ1v) is 6.48. The molecule has 0 bridgehead atoms. The fourth-order valence-corrected chi connectivity index (χ4v) is 1.91. The number of rotatable bonds is 5. The number of hydrogen-bond acceptors (Lipinski definition) is 4. The Labute approximate surface area is 129 Å². The molecule has 1 N–H and O–H groups in total. The highest BCUT2D eigenvalue weighted by Gasteiger charge is 2.13. The van der Waals surface area contributed by atoms with Crippen LogP contribution in [-0.4, -0.2) is 17.4 Å². The fraction of sp³-hybridized carbons (Fsp3) is 0.133. The van der Waals surface area contributed by atoms with Crippen molar-refractivity contribution in [1.29, 1.82) is 0 Å². The van der Waals surface area contributed by atoms with Crippen LogP contribution in [0.3, 0.4) is 0 Å². The first-order valence-electron chi connectivity index (χ1n) is 6.48. The maximum atomic E-state index is 12.2. The van der Waals surface area contributed by atoms with E-state index >= 15 is 0 Å². The Morgan fingerprint density at radius 1 is 1.26 bits per heavy atom. The largest absolute Gasteiger partial charge is 0.435 e. The predicted molar refractivity (Wildman–Crippen MR) is 78.9 cm³/mol.